The molecule has 1 aliphatic carbocycles. The summed E-state index contributed by atoms with van der Waals surface area (Å²) in [6.07, 6.45) is 3.14. The van der Waals surface area contributed by atoms with Crippen LogP contribution in [0.5, 0.6) is 0 Å². The summed E-state index contributed by atoms with van der Waals surface area (Å²) in [7, 11) is 0. The van der Waals surface area contributed by atoms with Crippen LogP contribution >= 0.6 is 11.3 Å². The fourth-order valence-electron chi connectivity index (χ4n) is 4.60. The van der Waals surface area contributed by atoms with Gasteiger partial charge in [0.2, 0.25) is 0 Å². The van der Waals surface area contributed by atoms with Crippen LogP contribution in [0, 0.1) is 11.3 Å². The first-order valence-corrected chi connectivity index (χ1v) is 10.9. The second kappa shape index (κ2) is 7.56. The molecule has 3 heterocycles. The van der Waals surface area contributed by atoms with E-state index in [0.29, 0.717) is 12.0 Å². The van der Waals surface area contributed by atoms with E-state index in [1.54, 1.807) is 11.3 Å². The highest BCUT2D eigenvalue weighted by Crippen LogP contribution is 2.48. The van der Waals surface area contributed by atoms with Crippen molar-refractivity contribution < 1.29 is 19.1 Å². The zero-order valence-corrected chi connectivity index (χ0v) is 17.5. The lowest BCUT2D eigenvalue weighted by atomic mass is 9.67. The molecule has 0 bridgehead atoms. The van der Waals surface area contributed by atoms with Gasteiger partial charge < -0.3 is 9.47 Å². The van der Waals surface area contributed by atoms with Crippen molar-refractivity contribution in [1.29, 1.82) is 0 Å². The van der Waals surface area contributed by atoms with Crippen LogP contribution in [0.15, 0.2) is 33.1 Å². The molecule has 0 saturated carbocycles. The summed E-state index contributed by atoms with van der Waals surface area (Å²) in [5.74, 6) is -1.06. The van der Waals surface area contributed by atoms with Crippen molar-refractivity contribution in [3.05, 3.63) is 33.7 Å². The topological polar surface area (TPSA) is 65.0 Å². The second-order valence-corrected chi connectivity index (χ2v) is 9.61. The molecule has 150 valence electrons. The van der Waals surface area contributed by atoms with Crippen molar-refractivity contribution in [2.24, 2.45) is 16.3 Å². The Bertz CT molecular complexity index is 831. The zero-order chi connectivity index (χ0) is 19.9. The molecule has 5 nitrogen and oxygen atoms in total. The number of hydrogen-bond acceptors (Lipinski definition) is 6. The number of aliphatic imine (C=N–C) groups is 1. The van der Waals surface area contributed by atoms with Gasteiger partial charge in [0.15, 0.2) is 5.78 Å². The van der Waals surface area contributed by atoms with Gasteiger partial charge in [0, 0.05) is 35.9 Å². The van der Waals surface area contributed by atoms with Crippen LogP contribution in [-0.2, 0) is 19.1 Å². The normalized spacial score (nSPS) is 29.5. The van der Waals surface area contributed by atoms with Crippen molar-refractivity contribution in [2.75, 3.05) is 13.2 Å². The molecular weight excluding hydrogens is 374 g/mol. The number of Topliss-reactive ketones (excluding diaryl/α,β-unsaturated/α-hetero) is 1. The van der Waals surface area contributed by atoms with E-state index in [1.807, 2.05) is 23.8 Å². The lowest BCUT2D eigenvalue weighted by Gasteiger charge is -2.38. The zero-order valence-electron chi connectivity index (χ0n) is 16.7. The van der Waals surface area contributed by atoms with Gasteiger partial charge in [0.05, 0.1) is 6.10 Å². The Balaban J connectivity index is 1.66. The molecule has 0 aromatic carbocycles. The predicted molar refractivity (Wildman–Crippen MR) is 109 cm³/mol. The van der Waals surface area contributed by atoms with E-state index in [4.69, 9.17) is 14.5 Å². The van der Waals surface area contributed by atoms with Gasteiger partial charge in [-0.05, 0) is 54.0 Å². The van der Waals surface area contributed by atoms with E-state index < -0.39 is 5.92 Å². The van der Waals surface area contributed by atoms with Crippen LogP contribution in [0.1, 0.15) is 57.9 Å². The lowest BCUT2D eigenvalue weighted by molar-refractivity contribution is -0.149. The van der Waals surface area contributed by atoms with Crippen LogP contribution in [0.2, 0.25) is 0 Å². The van der Waals surface area contributed by atoms with E-state index in [2.05, 4.69) is 13.8 Å². The summed E-state index contributed by atoms with van der Waals surface area (Å²) in [4.78, 5) is 30.9. The van der Waals surface area contributed by atoms with Gasteiger partial charge in [-0.2, -0.15) is 11.3 Å². The number of rotatable bonds is 4. The van der Waals surface area contributed by atoms with Crippen molar-refractivity contribution >= 4 is 28.8 Å². The average Bonchev–Trinajstić information content (AvgIpc) is 3.31. The molecule has 0 radical (unpaired) electrons. The van der Waals surface area contributed by atoms with E-state index in [0.717, 1.165) is 42.8 Å². The molecule has 1 aromatic heterocycles. The molecule has 1 unspecified atom stereocenters. The predicted octanol–water partition coefficient (Wildman–Crippen LogP) is 4.29. The monoisotopic (exact) mass is 401 g/mol. The fourth-order valence-corrected chi connectivity index (χ4v) is 5.30. The Morgan fingerprint density at radius 1 is 1.39 bits per heavy atom. The first-order chi connectivity index (χ1) is 13.4. The maximum absolute atomic E-state index is 13.1. The van der Waals surface area contributed by atoms with Gasteiger partial charge in [0.1, 0.15) is 12.5 Å². The summed E-state index contributed by atoms with van der Waals surface area (Å²) in [6, 6.07) is 2.01. The smallest absolute Gasteiger partial charge is 0.315 e. The number of allylic oxidation sites excluding steroid dienone is 2. The third-order valence-electron chi connectivity index (χ3n) is 5.89. The molecule has 3 aliphatic rings. The van der Waals surface area contributed by atoms with Crippen LogP contribution < -0.4 is 0 Å². The molecule has 6 heteroatoms. The number of ether oxygens (including phenoxy) is 2. The number of ketones is 1. The standard InChI is InChI=1S/C22H27NO4S/c1-13-18(21(25)27-11-15-5-4-7-26-15)19(14-6-8-28-12-14)20-16(23-13)9-22(2,3)10-17(20)24/h6,8,12,15,18-19H,4-5,7,9-11H2,1-3H3/t15-,18?,19+/m0/s1. The molecule has 3 atom stereocenters. The molecular formula is C22H27NO4S. The van der Waals surface area contributed by atoms with Gasteiger partial charge >= 0.3 is 5.97 Å². The summed E-state index contributed by atoms with van der Waals surface area (Å²) in [6.45, 7) is 7.07. The molecule has 0 amide bonds. The highest BCUT2D eigenvalue weighted by molar-refractivity contribution is 7.08. The van der Waals surface area contributed by atoms with Gasteiger partial charge in [0.25, 0.3) is 0 Å². The molecule has 28 heavy (non-hydrogen) atoms. The largest absolute Gasteiger partial charge is 0.462 e. The van der Waals surface area contributed by atoms with Crippen LogP contribution in [-0.4, -0.2) is 36.8 Å². The minimum Gasteiger partial charge on any atom is -0.462 e. The summed E-state index contributed by atoms with van der Waals surface area (Å²) >= 11 is 1.58. The molecule has 0 N–H and O–H groups in total. The van der Waals surface area contributed by atoms with Crippen molar-refractivity contribution in [3.8, 4) is 0 Å². The Morgan fingerprint density at radius 3 is 2.89 bits per heavy atom. The van der Waals surface area contributed by atoms with Crippen molar-refractivity contribution in [3.63, 3.8) is 0 Å². The Kier molecular flexibility index (Phi) is 5.27. The maximum Gasteiger partial charge on any atom is 0.315 e. The van der Waals surface area contributed by atoms with Crippen LogP contribution in [0.4, 0.5) is 0 Å². The molecule has 4 rings (SSSR count). The number of nitrogens with zero attached hydrogens (tertiary/aromatic N) is 1. The minimum absolute atomic E-state index is 0.0173. The first-order valence-electron chi connectivity index (χ1n) is 9.97. The van der Waals surface area contributed by atoms with Crippen LogP contribution in [0.3, 0.4) is 0 Å². The highest BCUT2D eigenvalue weighted by atomic mass is 32.1. The van der Waals surface area contributed by atoms with Gasteiger partial charge in [-0.3, -0.25) is 14.6 Å². The third-order valence-corrected chi connectivity index (χ3v) is 6.60. The Hall–Kier alpha value is -1.79. The quantitative estimate of drug-likeness (QED) is 0.706. The van der Waals surface area contributed by atoms with E-state index >= 15 is 0 Å². The minimum atomic E-state index is -0.556. The molecule has 1 aromatic rings. The number of carbonyl (C=O) groups excluding carboxylic acids is 2. The lowest BCUT2D eigenvalue weighted by Crippen LogP contribution is -2.40. The Morgan fingerprint density at radius 2 is 2.21 bits per heavy atom. The number of esters is 1. The van der Waals surface area contributed by atoms with Crippen molar-refractivity contribution in [2.45, 2.75) is 58.5 Å². The number of thiophene rings is 1. The summed E-state index contributed by atoms with van der Waals surface area (Å²) in [5, 5.41) is 4.02. The van der Waals surface area contributed by atoms with Gasteiger partial charge in [-0.25, -0.2) is 0 Å². The third kappa shape index (κ3) is 3.72. The van der Waals surface area contributed by atoms with Crippen LogP contribution in [0.25, 0.3) is 0 Å². The first kappa shape index (κ1) is 19.5. The maximum atomic E-state index is 13.1. The van der Waals surface area contributed by atoms with Gasteiger partial charge in [-0.15, -0.1) is 0 Å². The van der Waals surface area contributed by atoms with E-state index in [-0.39, 0.29) is 35.8 Å². The summed E-state index contributed by atoms with van der Waals surface area (Å²) in [5.41, 5.74) is 3.18. The van der Waals surface area contributed by atoms with E-state index in [1.165, 1.54) is 0 Å². The fraction of sp³-hybridized carbons (Fsp3) is 0.591. The molecule has 0 spiro atoms. The molecule has 2 aliphatic heterocycles. The van der Waals surface area contributed by atoms with Gasteiger partial charge in [-0.1, -0.05) is 13.8 Å². The molecule has 1 fully saturated rings. The van der Waals surface area contributed by atoms with E-state index in [9.17, 15) is 9.59 Å². The Labute approximate surface area is 169 Å². The summed E-state index contributed by atoms with van der Waals surface area (Å²) < 4.78 is 11.2. The number of hydrogen-bond donors (Lipinski definition) is 0. The molecule has 1 saturated heterocycles. The average molecular weight is 402 g/mol. The number of carbonyl (C=O) groups is 2. The highest BCUT2D eigenvalue weighted by Gasteiger charge is 2.46. The second-order valence-electron chi connectivity index (χ2n) is 8.83. The SMILES string of the molecule is CC1=NC2=C(C(=O)CC(C)(C)C2)[C@H](c2ccsc2)C1C(=O)OC[C@@H]1CCCO1. The van der Waals surface area contributed by atoms with Crippen molar-refractivity contribution in [1.82, 2.24) is 0 Å².